The number of nitro groups is 1. The van der Waals surface area contributed by atoms with Gasteiger partial charge in [-0.3, -0.25) is 15.1 Å². The molecule has 0 aliphatic rings. The van der Waals surface area contributed by atoms with E-state index in [9.17, 15) is 15.2 Å². The minimum absolute atomic E-state index is 0.168. The highest BCUT2D eigenvalue weighted by Crippen LogP contribution is 2.32. The van der Waals surface area contributed by atoms with Crippen molar-refractivity contribution in [3.63, 3.8) is 0 Å². The molecule has 0 spiro atoms. The quantitative estimate of drug-likeness (QED) is 0.521. The van der Waals surface area contributed by atoms with Gasteiger partial charge >= 0.3 is 5.69 Å². The number of nitro benzene ring substituents is 1. The van der Waals surface area contributed by atoms with E-state index in [1.807, 2.05) is 32.0 Å². The van der Waals surface area contributed by atoms with Gasteiger partial charge in [0.2, 0.25) is 5.75 Å². The number of nitrogens with zero attached hydrogens (tertiary/aromatic N) is 2. The van der Waals surface area contributed by atoms with E-state index < -0.39 is 16.4 Å². The zero-order chi connectivity index (χ0) is 15.6. The normalized spacial score (nSPS) is 11.0. The summed E-state index contributed by atoms with van der Waals surface area (Å²) in [6.45, 7) is 3.90. The van der Waals surface area contributed by atoms with E-state index in [0.29, 0.717) is 5.69 Å². The molecule has 0 atom stereocenters. The van der Waals surface area contributed by atoms with Crippen molar-refractivity contribution in [3.8, 4) is 5.75 Å². The second-order valence-corrected chi connectivity index (χ2v) is 5.16. The van der Waals surface area contributed by atoms with Gasteiger partial charge < -0.3 is 5.11 Å². The molecule has 2 rings (SSSR count). The van der Waals surface area contributed by atoms with Gasteiger partial charge in [-0.2, -0.15) is 0 Å². The Kier molecular flexibility index (Phi) is 4.23. The molecule has 0 aromatic heterocycles. The Bertz CT molecular complexity index is 722. The fourth-order valence-corrected chi connectivity index (χ4v) is 2.23. The Morgan fingerprint density at radius 2 is 1.81 bits per heavy atom. The highest BCUT2D eigenvalue weighted by molar-refractivity contribution is 6.31. The van der Waals surface area contributed by atoms with E-state index in [1.165, 1.54) is 12.3 Å². The third-order valence-corrected chi connectivity index (χ3v) is 3.06. The minimum atomic E-state index is -0.685. The average Bonchev–Trinajstić information content (AvgIpc) is 2.38. The summed E-state index contributed by atoms with van der Waals surface area (Å²) in [6.07, 6.45) is 1.36. The fraction of sp³-hybridized carbons (Fsp3) is 0.133. The van der Waals surface area contributed by atoms with Gasteiger partial charge in [0, 0.05) is 22.9 Å². The monoisotopic (exact) mass is 304 g/mol. The maximum absolute atomic E-state index is 10.8. The molecule has 21 heavy (non-hydrogen) atoms. The maximum atomic E-state index is 10.8. The van der Waals surface area contributed by atoms with Crippen LogP contribution in [0.1, 0.15) is 16.7 Å². The molecule has 108 valence electrons. The lowest BCUT2D eigenvalue weighted by atomic mass is 10.1. The summed E-state index contributed by atoms with van der Waals surface area (Å²) in [5.41, 5.74) is 2.58. The Balaban J connectivity index is 2.43. The first-order valence-corrected chi connectivity index (χ1v) is 6.54. The van der Waals surface area contributed by atoms with Crippen molar-refractivity contribution in [1.82, 2.24) is 0 Å². The van der Waals surface area contributed by atoms with Crippen LogP contribution in [0, 0.1) is 24.0 Å². The molecule has 0 saturated carbocycles. The van der Waals surface area contributed by atoms with Crippen LogP contribution in [-0.2, 0) is 0 Å². The van der Waals surface area contributed by atoms with Gasteiger partial charge in [0.05, 0.1) is 10.6 Å². The van der Waals surface area contributed by atoms with E-state index in [2.05, 4.69) is 4.99 Å². The molecule has 0 heterocycles. The predicted molar refractivity (Wildman–Crippen MR) is 82.9 cm³/mol. The van der Waals surface area contributed by atoms with Gasteiger partial charge in [-0.15, -0.1) is 0 Å². The molecule has 0 radical (unpaired) electrons. The first-order valence-electron chi connectivity index (χ1n) is 6.16. The average molecular weight is 305 g/mol. The number of rotatable bonds is 3. The zero-order valence-corrected chi connectivity index (χ0v) is 12.3. The zero-order valence-electron chi connectivity index (χ0n) is 11.5. The highest BCUT2D eigenvalue weighted by atomic mass is 35.5. The van der Waals surface area contributed by atoms with Crippen LogP contribution in [0.2, 0.25) is 5.02 Å². The standard InChI is InChI=1S/C15H13ClN2O3/c1-9-3-10(2)5-13(4-9)17-8-11-6-12(16)7-14(15(11)19)18(20)21/h3-8,19H,1-2H3. The molecular formula is C15H13ClN2O3. The molecule has 0 amide bonds. The Labute approximate surface area is 126 Å². The van der Waals surface area contributed by atoms with Crippen LogP contribution in [-0.4, -0.2) is 16.2 Å². The van der Waals surface area contributed by atoms with Crippen molar-refractivity contribution in [2.75, 3.05) is 0 Å². The topological polar surface area (TPSA) is 75.7 Å². The van der Waals surface area contributed by atoms with Crippen molar-refractivity contribution in [2.45, 2.75) is 13.8 Å². The molecule has 0 aliphatic carbocycles. The molecule has 0 unspecified atom stereocenters. The molecule has 2 aromatic carbocycles. The summed E-state index contributed by atoms with van der Waals surface area (Å²) in [4.78, 5) is 14.4. The van der Waals surface area contributed by atoms with Gasteiger partial charge in [0.25, 0.3) is 0 Å². The molecule has 0 bridgehead atoms. The number of benzene rings is 2. The maximum Gasteiger partial charge on any atom is 0.312 e. The molecule has 5 nitrogen and oxygen atoms in total. The molecule has 0 saturated heterocycles. The van der Waals surface area contributed by atoms with Crippen LogP contribution in [0.4, 0.5) is 11.4 Å². The molecule has 1 N–H and O–H groups in total. The fourth-order valence-electron chi connectivity index (χ4n) is 2.01. The lowest BCUT2D eigenvalue weighted by Gasteiger charge is -2.02. The van der Waals surface area contributed by atoms with Crippen LogP contribution in [0.25, 0.3) is 0 Å². The van der Waals surface area contributed by atoms with Gasteiger partial charge in [0.1, 0.15) is 0 Å². The molecule has 0 aliphatic heterocycles. The van der Waals surface area contributed by atoms with Gasteiger partial charge in [0.15, 0.2) is 0 Å². The molecule has 6 heteroatoms. The summed E-state index contributed by atoms with van der Waals surface area (Å²) in [7, 11) is 0. The molecule has 2 aromatic rings. The van der Waals surface area contributed by atoms with Gasteiger partial charge in [-0.25, -0.2) is 0 Å². The summed E-state index contributed by atoms with van der Waals surface area (Å²) in [5.74, 6) is -0.447. The number of phenols is 1. The summed E-state index contributed by atoms with van der Waals surface area (Å²) in [6, 6.07) is 8.29. The van der Waals surface area contributed by atoms with E-state index in [4.69, 9.17) is 11.6 Å². The van der Waals surface area contributed by atoms with Gasteiger partial charge in [-0.05, 0) is 43.2 Å². The number of phenolic OH excluding ortho intramolecular Hbond substituents is 1. The third kappa shape index (κ3) is 3.58. The number of aryl methyl sites for hydroxylation is 2. The summed E-state index contributed by atoms with van der Waals surface area (Å²) in [5, 5.41) is 20.9. The van der Waals surface area contributed by atoms with Crippen molar-refractivity contribution in [3.05, 3.63) is 62.2 Å². The van der Waals surface area contributed by atoms with Crippen LogP contribution in [0.5, 0.6) is 5.75 Å². The number of aliphatic imine (C=N–C) groups is 1. The number of aromatic hydroxyl groups is 1. The first-order chi connectivity index (χ1) is 9.86. The van der Waals surface area contributed by atoms with E-state index in [0.717, 1.165) is 17.2 Å². The van der Waals surface area contributed by atoms with Crippen LogP contribution in [0.3, 0.4) is 0 Å². The van der Waals surface area contributed by atoms with E-state index in [1.54, 1.807) is 0 Å². The summed E-state index contributed by atoms with van der Waals surface area (Å²) < 4.78 is 0. The van der Waals surface area contributed by atoms with Crippen molar-refractivity contribution < 1.29 is 10.0 Å². The van der Waals surface area contributed by atoms with Crippen molar-refractivity contribution >= 4 is 29.2 Å². The second kappa shape index (κ2) is 5.93. The van der Waals surface area contributed by atoms with Crippen LogP contribution < -0.4 is 0 Å². The predicted octanol–water partition coefficient (Wildman–Crippen LogP) is 4.32. The van der Waals surface area contributed by atoms with E-state index >= 15 is 0 Å². The van der Waals surface area contributed by atoms with Crippen molar-refractivity contribution in [1.29, 1.82) is 0 Å². The smallest absolute Gasteiger partial charge is 0.312 e. The van der Waals surface area contributed by atoms with E-state index in [-0.39, 0.29) is 10.6 Å². The van der Waals surface area contributed by atoms with Crippen molar-refractivity contribution in [2.24, 2.45) is 4.99 Å². The third-order valence-electron chi connectivity index (χ3n) is 2.84. The lowest BCUT2D eigenvalue weighted by molar-refractivity contribution is -0.385. The lowest BCUT2D eigenvalue weighted by Crippen LogP contribution is -1.92. The molecule has 0 fully saturated rings. The Hall–Kier alpha value is -2.40. The second-order valence-electron chi connectivity index (χ2n) is 4.72. The number of hydrogen-bond acceptors (Lipinski definition) is 4. The SMILES string of the molecule is Cc1cc(C)cc(N=Cc2cc(Cl)cc([N+](=O)[O-])c2O)c1. The van der Waals surface area contributed by atoms with Crippen LogP contribution >= 0.6 is 11.6 Å². The number of halogens is 1. The number of hydrogen-bond donors (Lipinski definition) is 1. The largest absolute Gasteiger partial charge is 0.502 e. The van der Waals surface area contributed by atoms with Crippen LogP contribution in [0.15, 0.2) is 35.3 Å². The molecular weight excluding hydrogens is 292 g/mol. The highest BCUT2D eigenvalue weighted by Gasteiger charge is 2.17. The first kappa shape index (κ1) is 15.0. The Morgan fingerprint density at radius 3 is 2.38 bits per heavy atom. The van der Waals surface area contributed by atoms with Gasteiger partial charge in [-0.1, -0.05) is 17.7 Å². The summed E-state index contributed by atoms with van der Waals surface area (Å²) >= 11 is 5.82. The Morgan fingerprint density at radius 1 is 1.19 bits per heavy atom. The minimum Gasteiger partial charge on any atom is -0.502 e.